The number of aromatic nitrogens is 3. The fraction of sp³-hybridized carbons (Fsp3) is 0.526. The first-order chi connectivity index (χ1) is 12.9. The van der Waals surface area contributed by atoms with Gasteiger partial charge in [-0.1, -0.05) is 19.9 Å². The lowest BCUT2D eigenvalue weighted by atomic mass is 10.1. The molecule has 2 atom stereocenters. The molecule has 9 heteroatoms. The highest BCUT2D eigenvalue weighted by Gasteiger charge is 2.12. The third-order valence-electron chi connectivity index (χ3n) is 4.42. The summed E-state index contributed by atoms with van der Waals surface area (Å²) in [6.45, 7) is 9.28. The lowest BCUT2D eigenvalue weighted by Crippen LogP contribution is -2.43. The maximum absolute atomic E-state index is 13.5. The minimum Gasteiger partial charge on any atom is -0.354 e. The smallest absolute Gasteiger partial charge is 0.192 e. The molecule has 0 saturated heterocycles. The van der Waals surface area contributed by atoms with E-state index in [1.54, 1.807) is 12.4 Å². The van der Waals surface area contributed by atoms with E-state index in [0.29, 0.717) is 24.6 Å². The number of rotatable bonds is 8. The molecule has 1 aromatic carbocycles. The Morgan fingerprint density at radius 3 is 2.57 bits per heavy atom. The number of hydrogen-bond acceptors (Lipinski definition) is 3. The Bertz CT molecular complexity index is 765. The van der Waals surface area contributed by atoms with Crippen molar-refractivity contribution in [3.8, 4) is 0 Å². The molecule has 0 bridgehead atoms. The van der Waals surface area contributed by atoms with E-state index in [1.807, 2.05) is 18.4 Å². The van der Waals surface area contributed by atoms with Crippen molar-refractivity contribution in [3.05, 3.63) is 47.5 Å². The van der Waals surface area contributed by atoms with E-state index in [9.17, 15) is 8.78 Å². The third-order valence-corrected chi connectivity index (χ3v) is 4.42. The second-order valence-corrected chi connectivity index (χ2v) is 6.52. The zero-order chi connectivity index (χ0) is 19.8. The molecule has 2 rings (SSSR count). The minimum atomic E-state index is -0.853. The van der Waals surface area contributed by atoms with Gasteiger partial charge in [0.25, 0.3) is 0 Å². The molecule has 0 fully saturated rings. The van der Waals surface area contributed by atoms with E-state index in [1.165, 1.54) is 6.07 Å². The van der Waals surface area contributed by atoms with Crippen LogP contribution in [0.5, 0.6) is 0 Å². The fourth-order valence-electron chi connectivity index (χ4n) is 2.55. The number of aryl methyl sites for hydroxylation is 1. The molecule has 0 aliphatic rings. The van der Waals surface area contributed by atoms with Gasteiger partial charge >= 0.3 is 0 Å². The van der Waals surface area contributed by atoms with E-state index >= 15 is 0 Å². The maximum atomic E-state index is 13.5. The summed E-state index contributed by atoms with van der Waals surface area (Å²) in [7, 11) is 0. The number of aliphatic imine (C=N–C) groups is 1. The Labute approximate surface area is 182 Å². The number of hydrogen-bond donors (Lipinski definition) is 2. The second-order valence-electron chi connectivity index (χ2n) is 6.52. The van der Waals surface area contributed by atoms with E-state index in [-0.39, 0.29) is 36.1 Å². The van der Waals surface area contributed by atoms with Crippen LogP contribution in [0.4, 0.5) is 8.78 Å². The minimum absolute atomic E-state index is 0. The predicted octanol–water partition coefficient (Wildman–Crippen LogP) is 3.83. The summed E-state index contributed by atoms with van der Waals surface area (Å²) in [6, 6.07) is 3.92. The molecular weight excluding hydrogens is 477 g/mol. The molecule has 0 aliphatic heterocycles. The van der Waals surface area contributed by atoms with Gasteiger partial charge in [0.05, 0.1) is 12.6 Å². The van der Waals surface area contributed by atoms with Crippen molar-refractivity contribution >= 4 is 29.9 Å². The van der Waals surface area contributed by atoms with Crippen LogP contribution in [0.25, 0.3) is 0 Å². The largest absolute Gasteiger partial charge is 0.354 e. The van der Waals surface area contributed by atoms with Gasteiger partial charge in [-0.05, 0) is 38.0 Å². The van der Waals surface area contributed by atoms with Gasteiger partial charge in [0, 0.05) is 19.0 Å². The van der Waals surface area contributed by atoms with Crippen molar-refractivity contribution in [2.45, 2.75) is 59.2 Å². The SMILES string of the molecule is CCc1nncn1CCN=C(NC(C)CC)NC(C)c1ccc(F)c(F)c1.I. The average Bonchev–Trinajstić information content (AvgIpc) is 3.11. The summed E-state index contributed by atoms with van der Waals surface area (Å²) < 4.78 is 28.6. The van der Waals surface area contributed by atoms with Crippen molar-refractivity contribution in [3.63, 3.8) is 0 Å². The molecule has 1 heterocycles. The van der Waals surface area contributed by atoms with Crippen LogP contribution in [-0.2, 0) is 13.0 Å². The molecule has 2 aromatic rings. The van der Waals surface area contributed by atoms with Gasteiger partial charge in [0.15, 0.2) is 17.6 Å². The highest BCUT2D eigenvalue weighted by Crippen LogP contribution is 2.15. The Hall–Kier alpha value is -1.78. The standard InChI is InChI=1S/C19H28F2N6.HI/c1-5-13(3)24-19(22-9-10-27-12-23-26-18(27)6-2)25-14(4)15-7-8-16(20)17(21)11-15;/h7-8,11-14H,5-6,9-10H2,1-4H3,(H2,22,24,25);1H. The first-order valence-corrected chi connectivity index (χ1v) is 9.33. The van der Waals surface area contributed by atoms with Crippen molar-refractivity contribution in [1.82, 2.24) is 25.4 Å². The molecule has 28 heavy (non-hydrogen) atoms. The summed E-state index contributed by atoms with van der Waals surface area (Å²) in [5.41, 5.74) is 0.652. The Balaban J connectivity index is 0.00000392. The average molecular weight is 506 g/mol. The number of nitrogens with one attached hydrogen (secondary N) is 2. The van der Waals surface area contributed by atoms with Gasteiger partial charge in [-0.3, -0.25) is 4.99 Å². The topological polar surface area (TPSA) is 67.1 Å². The van der Waals surface area contributed by atoms with Crippen LogP contribution in [0.15, 0.2) is 29.5 Å². The summed E-state index contributed by atoms with van der Waals surface area (Å²) in [5.74, 6) is -0.148. The van der Waals surface area contributed by atoms with Gasteiger partial charge < -0.3 is 15.2 Å². The zero-order valence-corrected chi connectivity index (χ0v) is 19.1. The quantitative estimate of drug-likeness (QED) is 0.325. The van der Waals surface area contributed by atoms with Gasteiger partial charge in [-0.2, -0.15) is 0 Å². The van der Waals surface area contributed by atoms with Crippen LogP contribution in [-0.4, -0.2) is 33.3 Å². The van der Waals surface area contributed by atoms with Crippen LogP contribution < -0.4 is 10.6 Å². The normalized spacial score (nSPS) is 13.6. The second kappa shape index (κ2) is 11.9. The van der Waals surface area contributed by atoms with Gasteiger partial charge in [0.1, 0.15) is 12.2 Å². The van der Waals surface area contributed by atoms with E-state index < -0.39 is 11.6 Å². The lowest BCUT2D eigenvalue weighted by Gasteiger charge is -2.21. The van der Waals surface area contributed by atoms with Crippen molar-refractivity contribution < 1.29 is 8.78 Å². The van der Waals surface area contributed by atoms with Crippen LogP contribution >= 0.6 is 24.0 Å². The monoisotopic (exact) mass is 506 g/mol. The third kappa shape index (κ3) is 6.99. The summed E-state index contributed by atoms with van der Waals surface area (Å²) in [4.78, 5) is 4.62. The van der Waals surface area contributed by atoms with Crippen LogP contribution in [0.2, 0.25) is 0 Å². The maximum Gasteiger partial charge on any atom is 0.192 e. The molecule has 0 spiro atoms. The highest BCUT2D eigenvalue weighted by molar-refractivity contribution is 14.0. The van der Waals surface area contributed by atoms with Crippen molar-refractivity contribution in [1.29, 1.82) is 0 Å². The number of nitrogens with zero attached hydrogens (tertiary/aromatic N) is 4. The molecule has 0 aliphatic carbocycles. The summed E-state index contributed by atoms with van der Waals surface area (Å²) in [6.07, 6.45) is 3.45. The molecular formula is C19H29F2IN6. The summed E-state index contributed by atoms with van der Waals surface area (Å²) in [5, 5.41) is 14.6. The molecule has 0 amide bonds. The van der Waals surface area contributed by atoms with Crippen LogP contribution in [0.3, 0.4) is 0 Å². The van der Waals surface area contributed by atoms with E-state index in [2.05, 4.69) is 39.7 Å². The molecule has 0 saturated carbocycles. The highest BCUT2D eigenvalue weighted by atomic mass is 127. The number of halogens is 3. The fourth-order valence-corrected chi connectivity index (χ4v) is 2.55. The molecule has 156 valence electrons. The Morgan fingerprint density at radius 2 is 1.93 bits per heavy atom. The zero-order valence-electron chi connectivity index (χ0n) is 16.7. The molecule has 2 N–H and O–H groups in total. The Kier molecular flexibility index (Phi) is 10.3. The lowest BCUT2D eigenvalue weighted by molar-refractivity contribution is 0.504. The van der Waals surface area contributed by atoms with Crippen molar-refractivity contribution in [2.75, 3.05) is 6.54 Å². The van der Waals surface area contributed by atoms with Gasteiger partial charge in [0.2, 0.25) is 0 Å². The van der Waals surface area contributed by atoms with Crippen LogP contribution in [0, 0.1) is 11.6 Å². The molecule has 2 unspecified atom stereocenters. The van der Waals surface area contributed by atoms with Gasteiger partial charge in [-0.15, -0.1) is 34.2 Å². The van der Waals surface area contributed by atoms with Crippen LogP contribution in [0.1, 0.15) is 51.5 Å². The number of benzene rings is 1. The Morgan fingerprint density at radius 1 is 1.18 bits per heavy atom. The first-order valence-electron chi connectivity index (χ1n) is 9.33. The van der Waals surface area contributed by atoms with Crippen molar-refractivity contribution in [2.24, 2.45) is 4.99 Å². The molecule has 0 radical (unpaired) electrons. The predicted molar refractivity (Wildman–Crippen MR) is 118 cm³/mol. The van der Waals surface area contributed by atoms with E-state index in [0.717, 1.165) is 24.7 Å². The molecule has 6 nitrogen and oxygen atoms in total. The molecule has 1 aromatic heterocycles. The van der Waals surface area contributed by atoms with E-state index in [4.69, 9.17) is 0 Å². The summed E-state index contributed by atoms with van der Waals surface area (Å²) >= 11 is 0. The van der Waals surface area contributed by atoms with Gasteiger partial charge in [-0.25, -0.2) is 8.78 Å². The number of guanidine groups is 1. The first kappa shape index (κ1) is 24.3.